The summed E-state index contributed by atoms with van der Waals surface area (Å²) < 4.78 is 1.82. The number of carbonyl (C=O) groups excluding carboxylic acids is 1. The molecule has 0 aliphatic heterocycles. The van der Waals surface area contributed by atoms with Crippen molar-refractivity contribution in [2.75, 3.05) is 19.0 Å². The highest BCUT2D eigenvalue weighted by molar-refractivity contribution is 6.04. The Labute approximate surface area is 161 Å². The van der Waals surface area contributed by atoms with Crippen molar-refractivity contribution in [3.63, 3.8) is 0 Å². The molecule has 3 aromatic rings. The number of aliphatic hydroxyl groups is 1. The molecule has 0 unspecified atom stereocenters. The Balaban J connectivity index is 1.95. The number of hydrogen-bond acceptors (Lipinski definition) is 6. The second-order valence-electron chi connectivity index (χ2n) is 6.28. The van der Waals surface area contributed by atoms with Crippen molar-refractivity contribution in [3.8, 4) is 0 Å². The van der Waals surface area contributed by atoms with Crippen LogP contribution in [0.15, 0.2) is 42.5 Å². The fraction of sp³-hybridized carbons (Fsp3) is 0.263. The van der Waals surface area contributed by atoms with E-state index in [-0.39, 0.29) is 17.9 Å². The lowest BCUT2D eigenvalue weighted by Gasteiger charge is -2.09. The van der Waals surface area contributed by atoms with Gasteiger partial charge in [0.15, 0.2) is 0 Å². The molecule has 9 nitrogen and oxygen atoms in total. The highest BCUT2D eigenvalue weighted by atomic mass is 16.6. The number of imidazole rings is 1. The minimum Gasteiger partial charge on any atom is -0.396 e. The number of anilines is 1. The lowest BCUT2D eigenvalue weighted by atomic mass is 10.2. The van der Waals surface area contributed by atoms with Gasteiger partial charge >= 0.3 is 0 Å². The number of aryl methyl sites for hydroxylation is 1. The first kappa shape index (κ1) is 19.5. The van der Waals surface area contributed by atoms with Crippen molar-refractivity contribution in [3.05, 3.63) is 63.7 Å². The number of aromatic nitrogens is 2. The van der Waals surface area contributed by atoms with E-state index in [1.165, 1.54) is 24.3 Å². The minimum absolute atomic E-state index is 0.00970. The van der Waals surface area contributed by atoms with Gasteiger partial charge in [-0.05, 0) is 37.2 Å². The quantitative estimate of drug-likeness (QED) is 0.405. The van der Waals surface area contributed by atoms with Gasteiger partial charge in [0.1, 0.15) is 0 Å². The summed E-state index contributed by atoms with van der Waals surface area (Å²) in [6, 6.07) is 11.4. The Morgan fingerprint density at radius 2 is 2.11 bits per heavy atom. The van der Waals surface area contributed by atoms with Crippen LogP contribution < -0.4 is 10.6 Å². The standard InChI is InChI=1S/C19H21N5O4/c1-20-12-13-6-7-17-16(10-13)21-19(23(17)8-3-9-25)22-18(26)14-4-2-5-15(11-14)24(27)28/h2,4-7,10-11,20,25H,3,8-9,12H2,1H3,(H,21,22,26). The van der Waals surface area contributed by atoms with Crippen molar-refractivity contribution in [2.24, 2.45) is 0 Å². The molecule has 3 N–H and O–H groups in total. The van der Waals surface area contributed by atoms with Crippen LogP contribution in [0.2, 0.25) is 0 Å². The molecular weight excluding hydrogens is 362 g/mol. The van der Waals surface area contributed by atoms with E-state index in [0.29, 0.717) is 25.5 Å². The molecule has 0 bridgehead atoms. The fourth-order valence-electron chi connectivity index (χ4n) is 2.97. The summed E-state index contributed by atoms with van der Waals surface area (Å²) in [4.78, 5) is 27.5. The van der Waals surface area contributed by atoms with Crippen molar-refractivity contribution < 1.29 is 14.8 Å². The van der Waals surface area contributed by atoms with Crippen molar-refractivity contribution >= 4 is 28.6 Å². The summed E-state index contributed by atoms with van der Waals surface area (Å²) in [5, 5.41) is 25.9. The highest BCUT2D eigenvalue weighted by Gasteiger charge is 2.16. The number of nitrogens with one attached hydrogen (secondary N) is 2. The van der Waals surface area contributed by atoms with Crippen LogP contribution in [-0.4, -0.2) is 39.1 Å². The third-order valence-electron chi connectivity index (χ3n) is 4.28. The van der Waals surface area contributed by atoms with Crippen LogP contribution in [0, 0.1) is 10.1 Å². The molecule has 0 saturated heterocycles. The van der Waals surface area contributed by atoms with Crippen molar-refractivity contribution in [2.45, 2.75) is 19.5 Å². The molecule has 0 aliphatic rings. The maximum Gasteiger partial charge on any atom is 0.270 e. The Hall–Kier alpha value is -3.30. The van der Waals surface area contributed by atoms with Gasteiger partial charge in [-0.2, -0.15) is 0 Å². The molecule has 0 saturated carbocycles. The van der Waals surface area contributed by atoms with Gasteiger partial charge in [0.05, 0.1) is 16.0 Å². The van der Waals surface area contributed by atoms with Crippen LogP contribution in [0.5, 0.6) is 0 Å². The van der Waals surface area contributed by atoms with E-state index in [9.17, 15) is 20.0 Å². The number of amides is 1. The SMILES string of the molecule is CNCc1ccc2c(c1)nc(NC(=O)c1cccc([N+](=O)[O-])c1)n2CCCO. The summed E-state index contributed by atoms with van der Waals surface area (Å²) in [6.45, 7) is 1.17. The van der Waals surface area contributed by atoms with E-state index in [4.69, 9.17) is 0 Å². The molecule has 2 aromatic carbocycles. The summed E-state index contributed by atoms with van der Waals surface area (Å²) in [5.41, 5.74) is 2.63. The number of non-ortho nitro benzene ring substituents is 1. The molecule has 1 heterocycles. The smallest absolute Gasteiger partial charge is 0.270 e. The average molecular weight is 383 g/mol. The zero-order valence-corrected chi connectivity index (χ0v) is 15.4. The van der Waals surface area contributed by atoms with Crippen LogP contribution in [-0.2, 0) is 13.1 Å². The summed E-state index contributed by atoms with van der Waals surface area (Å²) in [5.74, 6) is -0.152. The number of fused-ring (bicyclic) bond motifs is 1. The maximum atomic E-state index is 12.6. The van der Waals surface area contributed by atoms with Crippen LogP contribution in [0.4, 0.5) is 11.6 Å². The van der Waals surface area contributed by atoms with Crippen molar-refractivity contribution in [1.82, 2.24) is 14.9 Å². The molecule has 9 heteroatoms. The molecule has 1 aromatic heterocycles. The molecule has 146 valence electrons. The van der Waals surface area contributed by atoms with Gasteiger partial charge in [0, 0.05) is 37.4 Å². The summed E-state index contributed by atoms with van der Waals surface area (Å²) in [6.07, 6.45) is 0.503. The molecule has 0 aliphatic carbocycles. The zero-order valence-electron chi connectivity index (χ0n) is 15.4. The summed E-state index contributed by atoms with van der Waals surface area (Å²) in [7, 11) is 1.86. The first-order chi connectivity index (χ1) is 13.5. The third kappa shape index (κ3) is 4.16. The van der Waals surface area contributed by atoms with E-state index in [1.807, 2.05) is 29.8 Å². The minimum atomic E-state index is -0.545. The fourth-order valence-corrected chi connectivity index (χ4v) is 2.97. The predicted octanol–water partition coefficient (Wildman–Crippen LogP) is 2.30. The van der Waals surface area contributed by atoms with Gasteiger partial charge in [-0.15, -0.1) is 0 Å². The van der Waals surface area contributed by atoms with Crippen LogP contribution in [0.1, 0.15) is 22.3 Å². The van der Waals surface area contributed by atoms with E-state index in [2.05, 4.69) is 15.6 Å². The number of hydrogen-bond donors (Lipinski definition) is 3. The van der Waals surface area contributed by atoms with E-state index < -0.39 is 10.8 Å². The first-order valence-corrected chi connectivity index (χ1v) is 8.84. The van der Waals surface area contributed by atoms with Gasteiger partial charge in [-0.1, -0.05) is 12.1 Å². The van der Waals surface area contributed by atoms with Gasteiger partial charge in [0.25, 0.3) is 11.6 Å². The number of benzene rings is 2. The normalized spacial score (nSPS) is 10.9. The monoisotopic (exact) mass is 383 g/mol. The van der Waals surface area contributed by atoms with Gasteiger partial charge in [-0.25, -0.2) is 4.98 Å². The largest absolute Gasteiger partial charge is 0.396 e. The van der Waals surface area contributed by atoms with E-state index >= 15 is 0 Å². The highest BCUT2D eigenvalue weighted by Crippen LogP contribution is 2.23. The summed E-state index contributed by atoms with van der Waals surface area (Å²) >= 11 is 0. The Morgan fingerprint density at radius 1 is 1.29 bits per heavy atom. The number of carbonyl (C=O) groups is 1. The molecule has 0 atom stereocenters. The Bertz CT molecular complexity index is 1010. The average Bonchev–Trinajstić information content (AvgIpc) is 3.02. The molecule has 0 fully saturated rings. The van der Waals surface area contributed by atoms with Gasteiger partial charge in [0.2, 0.25) is 5.95 Å². The topological polar surface area (TPSA) is 122 Å². The molecule has 28 heavy (non-hydrogen) atoms. The number of rotatable bonds is 8. The van der Waals surface area contributed by atoms with Gasteiger partial charge in [-0.3, -0.25) is 20.2 Å². The predicted molar refractivity (Wildman–Crippen MR) is 105 cm³/mol. The lowest BCUT2D eigenvalue weighted by molar-refractivity contribution is -0.384. The molecule has 3 rings (SSSR count). The van der Waals surface area contributed by atoms with Crippen LogP contribution in [0.3, 0.4) is 0 Å². The molecule has 1 amide bonds. The van der Waals surface area contributed by atoms with Crippen LogP contribution in [0.25, 0.3) is 11.0 Å². The number of nitro benzene ring substituents is 1. The third-order valence-corrected chi connectivity index (χ3v) is 4.28. The van der Waals surface area contributed by atoms with E-state index in [0.717, 1.165) is 16.6 Å². The lowest BCUT2D eigenvalue weighted by Crippen LogP contribution is -2.16. The zero-order chi connectivity index (χ0) is 20.1. The number of nitrogens with zero attached hydrogens (tertiary/aromatic N) is 3. The molecule has 0 radical (unpaired) electrons. The first-order valence-electron chi connectivity index (χ1n) is 8.84. The molecular formula is C19H21N5O4. The number of aliphatic hydroxyl groups excluding tert-OH is 1. The van der Waals surface area contributed by atoms with Gasteiger partial charge < -0.3 is 15.0 Å². The molecule has 0 spiro atoms. The van der Waals surface area contributed by atoms with E-state index in [1.54, 1.807) is 0 Å². The van der Waals surface area contributed by atoms with Crippen molar-refractivity contribution in [1.29, 1.82) is 0 Å². The maximum absolute atomic E-state index is 12.6. The second kappa shape index (κ2) is 8.59. The van der Waals surface area contributed by atoms with Crippen LogP contribution >= 0.6 is 0 Å². The second-order valence-corrected chi connectivity index (χ2v) is 6.28. The number of nitro groups is 1. The Morgan fingerprint density at radius 3 is 2.82 bits per heavy atom. The Kier molecular flexibility index (Phi) is 5.97.